The number of carbonyl (C=O) groups excluding carboxylic acids is 2. The van der Waals surface area contributed by atoms with Gasteiger partial charge in [0.15, 0.2) is 0 Å². The van der Waals surface area contributed by atoms with Crippen LogP contribution in [0.15, 0.2) is 53.7 Å². The number of allylic oxidation sites excluding steroid dienone is 1. The Balaban J connectivity index is 2.04. The number of hydrogen-bond donors (Lipinski definition) is 3. The van der Waals surface area contributed by atoms with Crippen molar-refractivity contribution in [3.8, 4) is 0 Å². The van der Waals surface area contributed by atoms with E-state index in [9.17, 15) is 18.4 Å². The summed E-state index contributed by atoms with van der Waals surface area (Å²) >= 11 is 0. The van der Waals surface area contributed by atoms with Gasteiger partial charge in [-0.15, -0.1) is 0 Å². The van der Waals surface area contributed by atoms with Crippen molar-refractivity contribution in [2.45, 2.75) is 19.9 Å². The maximum Gasteiger partial charge on any atom is 0.319 e. The quantitative estimate of drug-likeness (QED) is 0.786. The molecule has 2 aromatic rings. The number of rotatable bonds is 3. The van der Waals surface area contributed by atoms with E-state index < -0.39 is 29.6 Å². The summed E-state index contributed by atoms with van der Waals surface area (Å²) in [5.74, 6) is -2.24. The third kappa shape index (κ3) is 3.28. The molecule has 1 aliphatic rings. The van der Waals surface area contributed by atoms with E-state index >= 15 is 0 Å². The maximum atomic E-state index is 14.3. The molecule has 26 heavy (non-hydrogen) atoms. The number of amides is 3. The highest BCUT2D eigenvalue weighted by Crippen LogP contribution is 2.31. The van der Waals surface area contributed by atoms with Crippen molar-refractivity contribution < 1.29 is 18.4 Å². The van der Waals surface area contributed by atoms with Crippen LogP contribution in [0.2, 0.25) is 0 Å². The van der Waals surface area contributed by atoms with Gasteiger partial charge in [-0.25, -0.2) is 13.6 Å². The Hall–Kier alpha value is -3.22. The van der Waals surface area contributed by atoms with Crippen molar-refractivity contribution in [1.82, 2.24) is 10.6 Å². The van der Waals surface area contributed by atoms with Crippen LogP contribution >= 0.6 is 0 Å². The molecule has 7 heteroatoms. The van der Waals surface area contributed by atoms with Crippen LogP contribution in [0.5, 0.6) is 0 Å². The number of halogens is 2. The maximum absolute atomic E-state index is 14.3. The van der Waals surface area contributed by atoms with E-state index in [4.69, 9.17) is 0 Å². The smallest absolute Gasteiger partial charge is 0.319 e. The molecule has 0 saturated carbocycles. The molecule has 134 valence electrons. The van der Waals surface area contributed by atoms with Crippen LogP contribution < -0.4 is 16.0 Å². The van der Waals surface area contributed by atoms with Crippen molar-refractivity contribution in [3.05, 3.63) is 76.5 Å². The predicted octanol–water partition coefficient (Wildman–Crippen LogP) is 3.54. The SMILES string of the molecule is CC1=C(C(=O)Nc2ccccc2C)C(c2c(F)cccc2F)NC(=O)N1. The topological polar surface area (TPSA) is 70.2 Å². The first-order valence-corrected chi connectivity index (χ1v) is 7.97. The van der Waals surface area contributed by atoms with E-state index in [2.05, 4.69) is 16.0 Å². The number of nitrogens with one attached hydrogen (secondary N) is 3. The molecule has 2 aromatic carbocycles. The number of para-hydroxylation sites is 1. The van der Waals surface area contributed by atoms with Crippen molar-refractivity contribution in [2.24, 2.45) is 0 Å². The molecule has 1 unspecified atom stereocenters. The lowest BCUT2D eigenvalue weighted by atomic mass is 9.94. The van der Waals surface area contributed by atoms with E-state index in [1.54, 1.807) is 12.1 Å². The lowest BCUT2D eigenvalue weighted by molar-refractivity contribution is -0.113. The van der Waals surface area contributed by atoms with E-state index in [1.165, 1.54) is 13.0 Å². The number of benzene rings is 2. The fourth-order valence-electron chi connectivity index (χ4n) is 2.90. The molecular formula is C19H17F2N3O2. The first-order chi connectivity index (χ1) is 12.4. The van der Waals surface area contributed by atoms with Crippen molar-refractivity contribution in [2.75, 3.05) is 5.32 Å². The average Bonchev–Trinajstić information content (AvgIpc) is 2.56. The fourth-order valence-corrected chi connectivity index (χ4v) is 2.90. The molecule has 5 nitrogen and oxygen atoms in total. The largest absolute Gasteiger partial charge is 0.326 e. The van der Waals surface area contributed by atoms with Crippen LogP contribution in [0.4, 0.5) is 19.3 Å². The van der Waals surface area contributed by atoms with Crippen LogP contribution in [0.3, 0.4) is 0 Å². The Kier molecular flexibility index (Phi) is 4.71. The van der Waals surface area contributed by atoms with Crippen molar-refractivity contribution >= 4 is 17.6 Å². The van der Waals surface area contributed by atoms with Crippen LogP contribution in [-0.2, 0) is 4.79 Å². The highest BCUT2D eigenvalue weighted by atomic mass is 19.1. The molecule has 3 rings (SSSR count). The summed E-state index contributed by atoms with van der Waals surface area (Å²) < 4.78 is 28.5. The second-order valence-electron chi connectivity index (χ2n) is 5.97. The summed E-state index contributed by atoms with van der Waals surface area (Å²) in [5, 5.41) is 7.63. The molecule has 1 atom stereocenters. The molecule has 3 N–H and O–H groups in total. The van der Waals surface area contributed by atoms with Gasteiger partial charge in [-0.3, -0.25) is 4.79 Å². The Labute approximate surface area is 149 Å². The molecule has 0 saturated heterocycles. The molecule has 0 aromatic heterocycles. The van der Waals surface area contributed by atoms with Gasteiger partial charge in [-0.2, -0.15) is 0 Å². The van der Waals surface area contributed by atoms with Crippen LogP contribution in [0.1, 0.15) is 24.1 Å². The van der Waals surface area contributed by atoms with Crippen molar-refractivity contribution in [3.63, 3.8) is 0 Å². The summed E-state index contributed by atoms with van der Waals surface area (Å²) in [4.78, 5) is 24.7. The Morgan fingerprint density at radius 1 is 1.04 bits per heavy atom. The van der Waals surface area contributed by atoms with E-state index in [0.717, 1.165) is 17.7 Å². The first kappa shape index (κ1) is 17.6. The number of aryl methyl sites for hydroxylation is 1. The van der Waals surface area contributed by atoms with Gasteiger partial charge in [-0.1, -0.05) is 24.3 Å². The number of carbonyl (C=O) groups is 2. The van der Waals surface area contributed by atoms with Crippen molar-refractivity contribution in [1.29, 1.82) is 0 Å². The second kappa shape index (κ2) is 6.95. The third-order valence-corrected chi connectivity index (χ3v) is 4.20. The lowest BCUT2D eigenvalue weighted by Gasteiger charge is -2.29. The Bertz CT molecular complexity index is 905. The summed E-state index contributed by atoms with van der Waals surface area (Å²) in [6.45, 7) is 3.34. The zero-order valence-electron chi connectivity index (χ0n) is 14.2. The monoisotopic (exact) mass is 357 g/mol. The Morgan fingerprint density at radius 2 is 1.69 bits per heavy atom. The van der Waals surface area contributed by atoms with E-state index in [1.807, 2.05) is 19.1 Å². The molecule has 0 aliphatic carbocycles. The minimum Gasteiger partial charge on any atom is -0.326 e. The average molecular weight is 357 g/mol. The molecule has 1 aliphatic heterocycles. The lowest BCUT2D eigenvalue weighted by Crippen LogP contribution is -2.46. The Morgan fingerprint density at radius 3 is 2.35 bits per heavy atom. The summed E-state index contributed by atoms with van der Waals surface area (Å²) in [6, 6.07) is 8.64. The van der Waals surface area contributed by atoms with Gasteiger partial charge in [0.1, 0.15) is 11.6 Å². The second-order valence-corrected chi connectivity index (χ2v) is 5.97. The molecule has 0 fully saturated rings. The van der Waals surface area contributed by atoms with Gasteiger partial charge < -0.3 is 16.0 Å². The fraction of sp³-hybridized carbons (Fsp3) is 0.158. The zero-order valence-corrected chi connectivity index (χ0v) is 14.2. The molecule has 0 radical (unpaired) electrons. The van der Waals surface area contributed by atoms with Gasteiger partial charge in [0.2, 0.25) is 0 Å². The first-order valence-electron chi connectivity index (χ1n) is 7.97. The normalized spacial score (nSPS) is 16.8. The van der Waals surface area contributed by atoms with Crippen LogP contribution in [-0.4, -0.2) is 11.9 Å². The number of hydrogen-bond acceptors (Lipinski definition) is 2. The highest BCUT2D eigenvalue weighted by molar-refractivity contribution is 6.07. The highest BCUT2D eigenvalue weighted by Gasteiger charge is 2.34. The zero-order chi connectivity index (χ0) is 18.8. The van der Waals surface area contributed by atoms with Gasteiger partial charge in [-0.05, 0) is 37.6 Å². The standard InChI is InChI=1S/C19H17F2N3O2/c1-10-6-3-4-9-14(10)23-18(25)15-11(2)22-19(26)24-17(15)16-12(20)7-5-8-13(16)21/h3-9,17H,1-2H3,(H,23,25)(H2,22,24,26). The minimum atomic E-state index is -1.24. The van der Waals surface area contributed by atoms with Crippen LogP contribution in [0.25, 0.3) is 0 Å². The predicted molar refractivity (Wildman–Crippen MR) is 93.3 cm³/mol. The van der Waals surface area contributed by atoms with E-state index in [0.29, 0.717) is 5.69 Å². The molecular weight excluding hydrogens is 340 g/mol. The number of anilines is 1. The molecule has 0 bridgehead atoms. The summed E-state index contributed by atoms with van der Waals surface area (Å²) in [6.07, 6.45) is 0. The van der Waals surface area contributed by atoms with Gasteiger partial charge in [0.05, 0.1) is 17.2 Å². The van der Waals surface area contributed by atoms with Gasteiger partial charge in [0, 0.05) is 11.4 Å². The minimum absolute atomic E-state index is 0.0388. The third-order valence-electron chi connectivity index (χ3n) is 4.20. The number of urea groups is 1. The van der Waals surface area contributed by atoms with Crippen LogP contribution in [0, 0.1) is 18.6 Å². The molecule has 0 spiro atoms. The molecule has 1 heterocycles. The molecule has 3 amide bonds. The van der Waals surface area contributed by atoms with E-state index in [-0.39, 0.29) is 16.8 Å². The summed E-state index contributed by atoms with van der Waals surface area (Å²) in [7, 11) is 0. The summed E-state index contributed by atoms with van der Waals surface area (Å²) in [5.41, 5.74) is 1.30. The van der Waals surface area contributed by atoms with Gasteiger partial charge in [0.25, 0.3) is 5.91 Å². The van der Waals surface area contributed by atoms with Gasteiger partial charge >= 0.3 is 6.03 Å².